The maximum atomic E-state index is 10.4. The molecule has 1 aliphatic carbocycles. The molecular weight excluding hydrogens is 208 g/mol. The largest absolute Gasteiger partial charge is 0.390 e. The lowest BCUT2D eigenvalue weighted by Crippen LogP contribution is -2.27. The van der Waals surface area contributed by atoms with Crippen molar-refractivity contribution in [3.8, 4) is 0 Å². The van der Waals surface area contributed by atoms with Crippen molar-refractivity contribution in [1.82, 2.24) is 0 Å². The molecule has 1 fully saturated rings. The molecule has 82 valence electrons. The molecule has 1 aromatic carbocycles. The van der Waals surface area contributed by atoms with Crippen molar-refractivity contribution in [2.24, 2.45) is 5.92 Å². The normalized spacial score (nSPS) is 30.7. The fourth-order valence-electron chi connectivity index (χ4n) is 2.56. The lowest BCUT2D eigenvalue weighted by molar-refractivity contribution is 0.0446. The van der Waals surface area contributed by atoms with Crippen LogP contribution in [0.4, 0.5) is 0 Å². The molecule has 2 rings (SSSR count). The summed E-state index contributed by atoms with van der Waals surface area (Å²) in [5, 5.41) is 11.1. The Bertz CT molecular complexity index is 350. The van der Waals surface area contributed by atoms with Gasteiger partial charge in [-0.1, -0.05) is 30.7 Å². The first-order valence-electron chi connectivity index (χ1n) is 5.54. The lowest BCUT2D eigenvalue weighted by atomic mass is 9.92. The van der Waals surface area contributed by atoms with Crippen molar-refractivity contribution in [2.75, 3.05) is 0 Å². The second-order valence-corrected chi connectivity index (χ2v) is 5.32. The van der Waals surface area contributed by atoms with Crippen molar-refractivity contribution < 1.29 is 5.11 Å². The molecule has 0 spiro atoms. The third kappa shape index (κ3) is 2.73. The summed E-state index contributed by atoms with van der Waals surface area (Å²) >= 11 is 5.92. The minimum Gasteiger partial charge on any atom is -0.390 e. The van der Waals surface area contributed by atoms with Crippen LogP contribution in [0.2, 0.25) is 5.02 Å². The van der Waals surface area contributed by atoms with E-state index < -0.39 is 5.60 Å². The first kappa shape index (κ1) is 11.0. The number of halogens is 1. The standard InChI is InChI=1S/C13H17ClO/c1-10-5-6-13(15,8-10)9-11-3-2-4-12(14)7-11/h2-4,7,10,15H,5-6,8-9H2,1H3. The quantitative estimate of drug-likeness (QED) is 0.816. The summed E-state index contributed by atoms with van der Waals surface area (Å²) in [6, 6.07) is 7.79. The van der Waals surface area contributed by atoms with E-state index in [2.05, 4.69) is 6.92 Å². The van der Waals surface area contributed by atoms with E-state index in [1.54, 1.807) is 0 Å². The molecule has 0 bridgehead atoms. The van der Waals surface area contributed by atoms with Gasteiger partial charge in [-0.2, -0.15) is 0 Å². The van der Waals surface area contributed by atoms with E-state index in [0.717, 1.165) is 36.3 Å². The van der Waals surface area contributed by atoms with Crippen LogP contribution in [0.3, 0.4) is 0 Å². The first-order chi connectivity index (χ1) is 7.07. The Morgan fingerprint density at radius 3 is 2.93 bits per heavy atom. The van der Waals surface area contributed by atoms with E-state index in [9.17, 15) is 5.11 Å². The van der Waals surface area contributed by atoms with Crippen molar-refractivity contribution in [3.63, 3.8) is 0 Å². The van der Waals surface area contributed by atoms with Crippen molar-refractivity contribution in [1.29, 1.82) is 0 Å². The molecule has 0 radical (unpaired) electrons. The van der Waals surface area contributed by atoms with Gasteiger partial charge in [0.15, 0.2) is 0 Å². The third-order valence-corrected chi connectivity index (χ3v) is 3.49. The molecule has 1 aromatic rings. The van der Waals surface area contributed by atoms with Gasteiger partial charge in [0.2, 0.25) is 0 Å². The molecular formula is C13H17ClO. The Labute approximate surface area is 96.1 Å². The van der Waals surface area contributed by atoms with Crippen LogP contribution >= 0.6 is 11.6 Å². The van der Waals surface area contributed by atoms with Crippen LogP contribution in [-0.2, 0) is 6.42 Å². The highest BCUT2D eigenvalue weighted by Crippen LogP contribution is 2.36. The molecule has 0 saturated heterocycles. The van der Waals surface area contributed by atoms with Crippen LogP contribution < -0.4 is 0 Å². The Morgan fingerprint density at radius 2 is 2.33 bits per heavy atom. The van der Waals surface area contributed by atoms with Crippen LogP contribution in [0, 0.1) is 5.92 Å². The minimum atomic E-state index is -0.496. The molecule has 1 saturated carbocycles. The summed E-state index contributed by atoms with van der Waals surface area (Å²) in [6.07, 6.45) is 3.70. The third-order valence-electron chi connectivity index (χ3n) is 3.25. The number of aliphatic hydroxyl groups is 1. The van der Waals surface area contributed by atoms with Gasteiger partial charge in [0.25, 0.3) is 0 Å². The predicted molar refractivity (Wildman–Crippen MR) is 63.1 cm³/mol. The van der Waals surface area contributed by atoms with Crippen LogP contribution in [0.25, 0.3) is 0 Å². The van der Waals surface area contributed by atoms with Crippen molar-refractivity contribution in [2.45, 2.75) is 38.2 Å². The van der Waals surface area contributed by atoms with E-state index in [0.29, 0.717) is 5.92 Å². The molecule has 2 heteroatoms. The average molecular weight is 225 g/mol. The van der Waals surface area contributed by atoms with Gasteiger partial charge in [0.05, 0.1) is 5.60 Å². The van der Waals surface area contributed by atoms with Gasteiger partial charge in [-0.05, 0) is 42.9 Å². The molecule has 15 heavy (non-hydrogen) atoms. The fraction of sp³-hybridized carbons (Fsp3) is 0.538. The van der Waals surface area contributed by atoms with E-state index in [-0.39, 0.29) is 0 Å². The second-order valence-electron chi connectivity index (χ2n) is 4.88. The molecule has 1 aliphatic rings. The maximum absolute atomic E-state index is 10.4. The summed E-state index contributed by atoms with van der Waals surface area (Å²) in [5.41, 5.74) is 0.642. The summed E-state index contributed by atoms with van der Waals surface area (Å²) in [7, 11) is 0. The number of hydrogen-bond donors (Lipinski definition) is 1. The van der Waals surface area contributed by atoms with Gasteiger partial charge < -0.3 is 5.11 Å². The zero-order chi connectivity index (χ0) is 10.9. The minimum absolute atomic E-state index is 0.496. The fourth-order valence-corrected chi connectivity index (χ4v) is 2.77. The molecule has 0 heterocycles. The van der Waals surface area contributed by atoms with E-state index in [1.165, 1.54) is 0 Å². The van der Waals surface area contributed by atoms with E-state index in [1.807, 2.05) is 24.3 Å². The van der Waals surface area contributed by atoms with Crippen molar-refractivity contribution >= 4 is 11.6 Å². The van der Waals surface area contributed by atoms with Crippen LogP contribution in [0.15, 0.2) is 24.3 Å². The summed E-state index contributed by atoms with van der Waals surface area (Å²) in [4.78, 5) is 0. The predicted octanol–water partition coefficient (Wildman–Crippen LogP) is 3.43. The van der Waals surface area contributed by atoms with Crippen LogP contribution in [0.5, 0.6) is 0 Å². The summed E-state index contributed by atoms with van der Waals surface area (Å²) in [6.45, 7) is 2.20. The highest BCUT2D eigenvalue weighted by atomic mass is 35.5. The summed E-state index contributed by atoms with van der Waals surface area (Å²) in [5.74, 6) is 0.647. The van der Waals surface area contributed by atoms with Gasteiger partial charge in [-0.3, -0.25) is 0 Å². The molecule has 1 N–H and O–H groups in total. The second kappa shape index (κ2) is 4.15. The van der Waals surface area contributed by atoms with Gasteiger partial charge in [0.1, 0.15) is 0 Å². The number of rotatable bonds is 2. The Hall–Kier alpha value is -0.530. The molecule has 0 aliphatic heterocycles. The monoisotopic (exact) mass is 224 g/mol. The highest BCUT2D eigenvalue weighted by molar-refractivity contribution is 6.30. The molecule has 0 aromatic heterocycles. The Balaban J connectivity index is 2.08. The van der Waals surface area contributed by atoms with Crippen LogP contribution in [-0.4, -0.2) is 10.7 Å². The zero-order valence-corrected chi connectivity index (χ0v) is 9.80. The van der Waals surface area contributed by atoms with E-state index in [4.69, 9.17) is 11.6 Å². The van der Waals surface area contributed by atoms with Crippen molar-refractivity contribution in [3.05, 3.63) is 34.9 Å². The Morgan fingerprint density at radius 1 is 1.53 bits per heavy atom. The first-order valence-corrected chi connectivity index (χ1v) is 5.92. The highest BCUT2D eigenvalue weighted by Gasteiger charge is 2.35. The Kier molecular flexibility index (Phi) is 3.03. The van der Waals surface area contributed by atoms with Gasteiger partial charge in [-0.15, -0.1) is 0 Å². The smallest absolute Gasteiger partial charge is 0.0690 e. The SMILES string of the molecule is CC1CCC(O)(Cc2cccc(Cl)c2)C1. The number of hydrogen-bond acceptors (Lipinski definition) is 1. The van der Waals surface area contributed by atoms with Gasteiger partial charge in [0, 0.05) is 11.4 Å². The molecule has 2 unspecified atom stereocenters. The lowest BCUT2D eigenvalue weighted by Gasteiger charge is -2.22. The number of benzene rings is 1. The summed E-state index contributed by atoms with van der Waals surface area (Å²) < 4.78 is 0. The molecule has 2 atom stereocenters. The topological polar surface area (TPSA) is 20.2 Å². The average Bonchev–Trinajstić information content (AvgIpc) is 2.45. The van der Waals surface area contributed by atoms with Crippen LogP contribution in [0.1, 0.15) is 31.7 Å². The van der Waals surface area contributed by atoms with E-state index >= 15 is 0 Å². The van der Waals surface area contributed by atoms with Gasteiger partial charge in [-0.25, -0.2) is 0 Å². The molecule has 0 amide bonds. The molecule has 1 nitrogen and oxygen atoms in total. The maximum Gasteiger partial charge on any atom is 0.0690 e. The van der Waals surface area contributed by atoms with Gasteiger partial charge >= 0.3 is 0 Å². The zero-order valence-electron chi connectivity index (χ0n) is 9.04.